The van der Waals surface area contributed by atoms with Crippen LogP contribution in [0.5, 0.6) is 0 Å². The van der Waals surface area contributed by atoms with Crippen molar-refractivity contribution in [1.82, 2.24) is 10.2 Å². The van der Waals surface area contributed by atoms with Gasteiger partial charge in [-0.25, -0.2) is 0 Å². The Balaban J connectivity index is 2.42. The minimum Gasteiger partial charge on any atom is -0.314 e. The highest BCUT2D eigenvalue weighted by Crippen LogP contribution is 2.33. The Morgan fingerprint density at radius 3 is 2.15 bits per heavy atom. The molecule has 20 heavy (non-hydrogen) atoms. The largest absolute Gasteiger partial charge is 0.314 e. The van der Waals surface area contributed by atoms with Crippen LogP contribution in [-0.4, -0.2) is 37.1 Å². The number of rotatable bonds is 10. The van der Waals surface area contributed by atoms with Gasteiger partial charge >= 0.3 is 0 Å². The summed E-state index contributed by atoms with van der Waals surface area (Å²) < 4.78 is 0. The molecule has 0 heterocycles. The molecule has 2 heteroatoms. The van der Waals surface area contributed by atoms with Crippen molar-refractivity contribution in [2.24, 2.45) is 11.8 Å². The van der Waals surface area contributed by atoms with E-state index >= 15 is 0 Å². The molecule has 1 aliphatic rings. The number of hydrogen-bond donors (Lipinski definition) is 1. The fraction of sp³-hybridized carbons (Fsp3) is 1.00. The van der Waals surface area contributed by atoms with Crippen LogP contribution in [-0.2, 0) is 0 Å². The van der Waals surface area contributed by atoms with Gasteiger partial charge in [-0.3, -0.25) is 0 Å². The lowest BCUT2D eigenvalue weighted by atomic mass is 9.77. The Labute approximate surface area is 127 Å². The van der Waals surface area contributed by atoms with Gasteiger partial charge in [0.1, 0.15) is 0 Å². The van der Waals surface area contributed by atoms with Gasteiger partial charge in [-0.05, 0) is 63.7 Å². The van der Waals surface area contributed by atoms with Crippen LogP contribution in [0.4, 0.5) is 0 Å². The lowest BCUT2D eigenvalue weighted by Gasteiger charge is -2.35. The molecule has 2 nitrogen and oxygen atoms in total. The van der Waals surface area contributed by atoms with Crippen LogP contribution in [0, 0.1) is 11.8 Å². The van der Waals surface area contributed by atoms with Gasteiger partial charge in [0.25, 0.3) is 0 Å². The predicted octanol–water partition coefficient (Wildman–Crippen LogP) is 4.30. The minimum atomic E-state index is 0.758. The van der Waals surface area contributed by atoms with E-state index in [1.807, 2.05) is 0 Å². The summed E-state index contributed by atoms with van der Waals surface area (Å²) in [5.41, 5.74) is 0. The van der Waals surface area contributed by atoms with E-state index in [1.54, 1.807) is 0 Å². The molecule has 120 valence electrons. The highest BCUT2D eigenvalue weighted by molar-refractivity contribution is 4.82. The van der Waals surface area contributed by atoms with Crippen molar-refractivity contribution < 1.29 is 0 Å². The molecule has 0 amide bonds. The zero-order valence-electron chi connectivity index (χ0n) is 14.5. The molecule has 1 fully saturated rings. The quantitative estimate of drug-likeness (QED) is 0.642. The summed E-state index contributed by atoms with van der Waals surface area (Å²) in [5.74, 6) is 1.95. The maximum absolute atomic E-state index is 3.85. The molecule has 0 aromatic carbocycles. The maximum atomic E-state index is 3.85. The molecular formula is C18H38N2. The van der Waals surface area contributed by atoms with Crippen LogP contribution in [0.1, 0.15) is 72.6 Å². The number of nitrogens with zero attached hydrogens (tertiary/aromatic N) is 1. The average molecular weight is 283 g/mol. The summed E-state index contributed by atoms with van der Waals surface area (Å²) in [6, 6.07) is 0.758. The second-order valence-corrected chi connectivity index (χ2v) is 6.57. The van der Waals surface area contributed by atoms with E-state index in [9.17, 15) is 0 Å². The number of nitrogens with one attached hydrogen (secondary N) is 1. The first-order chi connectivity index (χ1) is 9.74. The van der Waals surface area contributed by atoms with Gasteiger partial charge in [0, 0.05) is 6.04 Å². The maximum Gasteiger partial charge on any atom is 0.0107 e. The van der Waals surface area contributed by atoms with Gasteiger partial charge in [0.05, 0.1) is 0 Å². The molecule has 0 saturated heterocycles. The van der Waals surface area contributed by atoms with Crippen molar-refractivity contribution in [3.8, 4) is 0 Å². The van der Waals surface area contributed by atoms with Crippen LogP contribution in [0.3, 0.4) is 0 Å². The molecule has 1 saturated carbocycles. The van der Waals surface area contributed by atoms with Gasteiger partial charge < -0.3 is 10.2 Å². The van der Waals surface area contributed by atoms with Crippen molar-refractivity contribution in [3.63, 3.8) is 0 Å². The monoisotopic (exact) mass is 282 g/mol. The molecule has 1 rings (SSSR count). The molecule has 0 aromatic rings. The molecule has 1 atom stereocenters. The summed E-state index contributed by atoms with van der Waals surface area (Å²) in [6.45, 7) is 14.0. The lowest BCUT2D eigenvalue weighted by Crippen LogP contribution is -2.41. The fourth-order valence-electron chi connectivity index (χ4n) is 3.69. The third-order valence-electron chi connectivity index (χ3n) is 5.35. The first-order valence-corrected chi connectivity index (χ1v) is 9.20. The summed E-state index contributed by atoms with van der Waals surface area (Å²) in [6.07, 6.45) is 9.83. The van der Waals surface area contributed by atoms with Gasteiger partial charge in [0.15, 0.2) is 0 Å². The van der Waals surface area contributed by atoms with E-state index in [0.29, 0.717) is 0 Å². The third kappa shape index (κ3) is 6.13. The van der Waals surface area contributed by atoms with E-state index in [0.717, 1.165) is 17.9 Å². The minimum absolute atomic E-state index is 0.758. The summed E-state index contributed by atoms with van der Waals surface area (Å²) in [4.78, 5) is 2.57. The average Bonchev–Trinajstić information content (AvgIpc) is 2.51. The van der Waals surface area contributed by atoms with Gasteiger partial charge in [-0.1, -0.05) is 47.0 Å². The zero-order valence-corrected chi connectivity index (χ0v) is 14.5. The van der Waals surface area contributed by atoms with Crippen molar-refractivity contribution in [1.29, 1.82) is 0 Å². The molecule has 0 aliphatic heterocycles. The molecule has 1 aliphatic carbocycles. The van der Waals surface area contributed by atoms with Crippen molar-refractivity contribution >= 4 is 0 Å². The molecular weight excluding hydrogens is 244 g/mol. The molecule has 0 radical (unpaired) electrons. The Morgan fingerprint density at radius 1 is 1.00 bits per heavy atom. The SMILES string of the molecule is CCCNC(CCN(CC)CC)C1CCC(CC)CC1. The Hall–Kier alpha value is -0.0800. The zero-order chi connectivity index (χ0) is 14.8. The van der Waals surface area contributed by atoms with E-state index < -0.39 is 0 Å². The highest BCUT2D eigenvalue weighted by atomic mass is 15.1. The van der Waals surface area contributed by atoms with Gasteiger partial charge in [0.2, 0.25) is 0 Å². The van der Waals surface area contributed by atoms with Crippen LogP contribution >= 0.6 is 0 Å². The van der Waals surface area contributed by atoms with Crippen molar-refractivity contribution in [2.75, 3.05) is 26.2 Å². The first-order valence-electron chi connectivity index (χ1n) is 9.20. The van der Waals surface area contributed by atoms with Gasteiger partial charge in [-0.2, -0.15) is 0 Å². The molecule has 1 N–H and O–H groups in total. The summed E-state index contributed by atoms with van der Waals surface area (Å²) in [5, 5.41) is 3.85. The normalized spacial score (nSPS) is 25.1. The summed E-state index contributed by atoms with van der Waals surface area (Å²) >= 11 is 0. The smallest absolute Gasteiger partial charge is 0.0107 e. The first kappa shape index (κ1) is 18.0. The highest BCUT2D eigenvalue weighted by Gasteiger charge is 2.26. The van der Waals surface area contributed by atoms with E-state index in [1.165, 1.54) is 71.1 Å². The Bertz CT molecular complexity index is 217. The van der Waals surface area contributed by atoms with Crippen LogP contribution in [0.15, 0.2) is 0 Å². The third-order valence-corrected chi connectivity index (χ3v) is 5.35. The predicted molar refractivity (Wildman–Crippen MR) is 90.2 cm³/mol. The van der Waals surface area contributed by atoms with Crippen molar-refractivity contribution in [3.05, 3.63) is 0 Å². The van der Waals surface area contributed by atoms with E-state index in [-0.39, 0.29) is 0 Å². The topological polar surface area (TPSA) is 15.3 Å². The van der Waals surface area contributed by atoms with Crippen LogP contribution < -0.4 is 5.32 Å². The molecule has 0 bridgehead atoms. The molecule has 1 unspecified atom stereocenters. The van der Waals surface area contributed by atoms with Crippen LogP contribution in [0.25, 0.3) is 0 Å². The molecule has 0 aromatic heterocycles. The standard InChI is InChI=1S/C18H38N2/c1-5-14-19-18(13-15-20(7-3)8-4)17-11-9-16(6-2)10-12-17/h16-19H,5-15H2,1-4H3. The van der Waals surface area contributed by atoms with E-state index in [4.69, 9.17) is 0 Å². The fourth-order valence-corrected chi connectivity index (χ4v) is 3.69. The summed E-state index contributed by atoms with van der Waals surface area (Å²) in [7, 11) is 0. The Morgan fingerprint density at radius 2 is 1.65 bits per heavy atom. The molecule has 0 spiro atoms. The lowest BCUT2D eigenvalue weighted by molar-refractivity contribution is 0.192. The second kappa shape index (κ2) is 10.6. The number of hydrogen-bond acceptors (Lipinski definition) is 2. The van der Waals surface area contributed by atoms with Crippen molar-refractivity contribution in [2.45, 2.75) is 78.7 Å². The Kier molecular flexibility index (Phi) is 9.54. The van der Waals surface area contributed by atoms with Crippen LogP contribution in [0.2, 0.25) is 0 Å². The van der Waals surface area contributed by atoms with E-state index in [2.05, 4.69) is 37.9 Å². The second-order valence-electron chi connectivity index (χ2n) is 6.57. The van der Waals surface area contributed by atoms with Gasteiger partial charge in [-0.15, -0.1) is 0 Å².